The van der Waals surface area contributed by atoms with Gasteiger partial charge in [-0.2, -0.15) is 0 Å². The van der Waals surface area contributed by atoms with Gasteiger partial charge < -0.3 is 5.32 Å². The molecule has 4 bridgehead atoms. The van der Waals surface area contributed by atoms with E-state index in [9.17, 15) is 4.79 Å². The summed E-state index contributed by atoms with van der Waals surface area (Å²) in [6, 6.07) is 6.44. The molecule has 0 amide bonds. The number of nitrogens with one attached hydrogen (secondary N) is 1. The van der Waals surface area contributed by atoms with Gasteiger partial charge in [0.15, 0.2) is 5.78 Å². The molecule has 0 aromatic heterocycles. The highest BCUT2D eigenvalue weighted by Gasteiger charge is 2.50. The van der Waals surface area contributed by atoms with Gasteiger partial charge in [-0.15, -0.1) is 0 Å². The molecule has 4 fully saturated rings. The third kappa shape index (κ3) is 3.43. The van der Waals surface area contributed by atoms with E-state index in [1.165, 1.54) is 55.2 Å². The number of benzene rings is 1. The fourth-order valence-electron chi connectivity index (χ4n) is 6.38. The number of hydrogen-bond donors (Lipinski definition) is 1. The summed E-state index contributed by atoms with van der Waals surface area (Å²) in [7, 11) is 0. The first kappa shape index (κ1) is 17.3. The quantitative estimate of drug-likeness (QED) is 0.807. The number of ketones is 1. The predicted molar refractivity (Wildman–Crippen MR) is 103 cm³/mol. The average Bonchev–Trinajstić information content (AvgIpc) is 2.53. The Kier molecular flexibility index (Phi) is 4.52. The zero-order valence-electron chi connectivity index (χ0n) is 16.1. The van der Waals surface area contributed by atoms with E-state index in [0.29, 0.717) is 24.7 Å². The Morgan fingerprint density at radius 1 is 1.12 bits per heavy atom. The maximum absolute atomic E-state index is 12.8. The first-order valence-electron chi connectivity index (χ1n) is 10.3. The maximum Gasteiger partial charge on any atom is 0.151 e. The lowest BCUT2D eigenvalue weighted by Crippen LogP contribution is -2.59. The molecule has 1 aromatic carbocycles. The molecular weight excluding hydrogens is 306 g/mol. The Hall–Kier alpha value is -1.15. The first-order valence-corrected chi connectivity index (χ1v) is 10.3. The second-order valence-corrected chi connectivity index (χ2v) is 9.56. The Balaban J connectivity index is 1.41. The van der Waals surface area contributed by atoms with Crippen LogP contribution in [0.1, 0.15) is 75.0 Å². The topological polar surface area (TPSA) is 29.1 Å². The van der Waals surface area contributed by atoms with Gasteiger partial charge in [-0.05, 0) is 85.8 Å². The lowest BCUT2D eigenvalue weighted by molar-refractivity contribution is -0.118. The van der Waals surface area contributed by atoms with Crippen molar-refractivity contribution in [2.75, 3.05) is 6.54 Å². The summed E-state index contributed by atoms with van der Waals surface area (Å²) in [5.74, 6) is 3.61. The number of carbonyl (C=O) groups excluding carboxylic acids is 1. The zero-order valence-corrected chi connectivity index (χ0v) is 16.1. The van der Waals surface area contributed by atoms with E-state index in [-0.39, 0.29) is 5.54 Å². The summed E-state index contributed by atoms with van der Waals surface area (Å²) in [5, 5.41) is 3.77. The van der Waals surface area contributed by atoms with Crippen molar-refractivity contribution in [3.8, 4) is 0 Å². The molecule has 1 N–H and O–H groups in total. The highest BCUT2D eigenvalue weighted by Crippen LogP contribution is 2.55. The van der Waals surface area contributed by atoms with Crippen molar-refractivity contribution in [1.82, 2.24) is 5.32 Å². The van der Waals surface area contributed by atoms with Crippen LogP contribution in [0.15, 0.2) is 18.2 Å². The van der Waals surface area contributed by atoms with Crippen molar-refractivity contribution in [3.05, 3.63) is 34.9 Å². The Morgan fingerprint density at radius 3 is 2.28 bits per heavy atom. The molecule has 0 aliphatic heterocycles. The molecule has 0 unspecified atom stereocenters. The van der Waals surface area contributed by atoms with Gasteiger partial charge in [-0.3, -0.25) is 4.79 Å². The van der Waals surface area contributed by atoms with Crippen LogP contribution in [0.25, 0.3) is 0 Å². The summed E-state index contributed by atoms with van der Waals surface area (Å²) >= 11 is 0. The molecule has 0 heterocycles. The highest BCUT2D eigenvalue weighted by atomic mass is 16.1. The van der Waals surface area contributed by atoms with Crippen molar-refractivity contribution in [1.29, 1.82) is 0 Å². The molecule has 4 saturated carbocycles. The SMILES string of the molecule is Cc1cccc(C(C)C)c1CC(=O)CNC12CC3CC(CC(C3)C1)C2. The van der Waals surface area contributed by atoms with Crippen LogP contribution < -0.4 is 5.32 Å². The van der Waals surface area contributed by atoms with E-state index in [2.05, 4.69) is 44.3 Å². The molecule has 0 radical (unpaired) electrons. The van der Waals surface area contributed by atoms with E-state index < -0.39 is 0 Å². The van der Waals surface area contributed by atoms with Crippen LogP contribution in [-0.2, 0) is 11.2 Å². The van der Waals surface area contributed by atoms with Gasteiger partial charge in [0.05, 0.1) is 6.54 Å². The van der Waals surface area contributed by atoms with E-state index in [0.717, 1.165) is 17.8 Å². The van der Waals surface area contributed by atoms with Crippen LogP contribution in [0.5, 0.6) is 0 Å². The smallest absolute Gasteiger partial charge is 0.151 e. The van der Waals surface area contributed by atoms with E-state index in [1.807, 2.05) is 0 Å². The number of rotatable bonds is 6. The van der Waals surface area contributed by atoms with E-state index in [4.69, 9.17) is 0 Å². The number of carbonyl (C=O) groups is 1. The summed E-state index contributed by atoms with van der Waals surface area (Å²) in [6.07, 6.45) is 8.89. The molecule has 1 aromatic rings. The fraction of sp³-hybridized carbons (Fsp3) is 0.696. The van der Waals surface area contributed by atoms with Crippen molar-refractivity contribution in [3.63, 3.8) is 0 Å². The third-order valence-corrected chi connectivity index (χ3v) is 7.14. The minimum Gasteiger partial charge on any atom is -0.304 e. The summed E-state index contributed by atoms with van der Waals surface area (Å²) in [4.78, 5) is 12.8. The fourth-order valence-corrected chi connectivity index (χ4v) is 6.38. The van der Waals surface area contributed by atoms with Crippen LogP contribution in [0.4, 0.5) is 0 Å². The van der Waals surface area contributed by atoms with Gasteiger partial charge in [0.2, 0.25) is 0 Å². The monoisotopic (exact) mass is 339 g/mol. The number of hydrogen-bond acceptors (Lipinski definition) is 2. The van der Waals surface area contributed by atoms with Gasteiger partial charge >= 0.3 is 0 Å². The van der Waals surface area contributed by atoms with Crippen molar-refractivity contribution in [2.45, 2.75) is 77.2 Å². The molecule has 25 heavy (non-hydrogen) atoms. The number of aryl methyl sites for hydroxylation is 1. The lowest BCUT2D eigenvalue weighted by atomic mass is 9.53. The second kappa shape index (κ2) is 6.54. The van der Waals surface area contributed by atoms with Crippen LogP contribution in [0.3, 0.4) is 0 Å². The van der Waals surface area contributed by atoms with Crippen molar-refractivity contribution in [2.24, 2.45) is 17.8 Å². The molecule has 0 atom stereocenters. The van der Waals surface area contributed by atoms with Crippen molar-refractivity contribution >= 4 is 5.78 Å². The third-order valence-electron chi connectivity index (χ3n) is 7.14. The minimum absolute atomic E-state index is 0.289. The largest absolute Gasteiger partial charge is 0.304 e. The summed E-state index contributed by atoms with van der Waals surface area (Å²) in [5.41, 5.74) is 4.14. The van der Waals surface area contributed by atoms with Crippen molar-refractivity contribution < 1.29 is 4.79 Å². The minimum atomic E-state index is 0.289. The molecule has 4 aliphatic rings. The van der Waals surface area contributed by atoms with Crippen LogP contribution >= 0.6 is 0 Å². The normalized spacial score (nSPS) is 33.2. The summed E-state index contributed by atoms with van der Waals surface area (Å²) < 4.78 is 0. The molecular formula is C23H33NO. The maximum atomic E-state index is 12.8. The van der Waals surface area contributed by atoms with Gasteiger partial charge in [0, 0.05) is 12.0 Å². The van der Waals surface area contributed by atoms with Gasteiger partial charge in [-0.25, -0.2) is 0 Å². The zero-order chi connectivity index (χ0) is 17.6. The molecule has 136 valence electrons. The molecule has 2 nitrogen and oxygen atoms in total. The van der Waals surface area contributed by atoms with Gasteiger partial charge in [0.1, 0.15) is 0 Å². The van der Waals surface area contributed by atoms with Crippen LogP contribution in [0, 0.1) is 24.7 Å². The lowest BCUT2D eigenvalue weighted by Gasteiger charge is -2.57. The van der Waals surface area contributed by atoms with Gasteiger partial charge in [-0.1, -0.05) is 32.0 Å². The first-order chi connectivity index (χ1) is 11.9. The molecule has 0 saturated heterocycles. The molecule has 0 spiro atoms. The molecule has 2 heteroatoms. The Morgan fingerprint density at radius 2 is 1.72 bits per heavy atom. The predicted octanol–water partition coefficient (Wildman–Crippen LogP) is 4.79. The van der Waals surface area contributed by atoms with Crippen LogP contribution in [0.2, 0.25) is 0 Å². The molecule has 5 rings (SSSR count). The van der Waals surface area contributed by atoms with Crippen LogP contribution in [-0.4, -0.2) is 17.9 Å². The summed E-state index contributed by atoms with van der Waals surface area (Å²) in [6.45, 7) is 7.13. The number of Topliss-reactive ketones (excluding diaryl/α,β-unsaturated/α-hetero) is 1. The average molecular weight is 340 g/mol. The second-order valence-electron chi connectivity index (χ2n) is 9.56. The van der Waals surface area contributed by atoms with Gasteiger partial charge in [0.25, 0.3) is 0 Å². The Bertz CT molecular complexity index is 625. The Labute approximate surface area is 152 Å². The highest BCUT2D eigenvalue weighted by molar-refractivity contribution is 5.83. The van der Waals surface area contributed by atoms with E-state index >= 15 is 0 Å². The van der Waals surface area contributed by atoms with E-state index in [1.54, 1.807) is 0 Å². The standard InChI is InChI=1S/C23H33NO/c1-15(2)21-6-4-5-16(3)22(21)10-20(25)14-24-23-11-17-7-18(12-23)9-19(8-17)13-23/h4-6,15,17-19,24H,7-14H2,1-3H3. The molecule has 4 aliphatic carbocycles.